The van der Waals surface area contributed by atoms with Crippen LogP contribution in [0.15, 0.2) is 364 Å². The van der Waals surface area contributed by atoms with Crippen LogP contribution in [-0.2, 0) is 21.7 Å². The average molecular weight is 1590 g/mol. The van der Waals surface area contributed by atoms with Crippen LogP contribution in [0.4, 0.5) is 51.2 Å². The SMILES string of the molecule is CC(C)(C)c1ccc2c(c1)c1cc(C(C)(C)C)ccc1n2-c1ccc2c(c1)N(c1ccc3c4ccccc4c4ccccc4c3c1)c1cc(N(c3ccc(-c4ccccc4)cc3)c3ccc(-c4ccccc4)cc3)cc3c1B2c1ccc(-n2c4ccc(C(C)(C)C)cc4c4cc(C(C)(C)C)ccc42)cc1N3c1ccc2c3ccccc3c3ccccc3c2c1. The summed E-state index contributed by atoms with van der Waals surface area (Å²) in [7, 11) is 0. The van der Waals surface area contributed by atoms with Crippen LogP contribution in [0.25, 0.3) is 142 Å². The second-order valence-corrected chi connectivity index (χ2v) is 38.9. The Bertz CT molecular complexity index is 7340. The van der Waals surface area contributed by atoms with Crippen molar-refractivity contribution < 1.29 is 0 Å². The van der Waals surface area contributed by atoms with Gasteiger partial charge in [-0.1, -0.05) is 314 Å². The van der Waals surface area contributed by atoms with Gasteiger partial charge in [0.15, 0.2) is 0 Å². The zero-order valence-electron chi connectivity index (χ0n) is 72.5. The molecule has 2 aliphatic rings. The van der Waals surface area contributed by atoms with Crippen molar-refractivity contribution in [3.05, 3.63) is 386 Å². The number of hydrogen-bond acceptors (Lipinski definition) is 3. The Kier molecular flexibility index (Phi) is 16.7. The fourth-order valence-corrected chi connectivity index (χ4v) is 20.8. The zero-order chi connectivity index (χ0) is 84.1. The smallest absolute Gasteiger partial charge is 0.252 e. The van der Waals surface area contributed by atoms with E-state index in [2.05, 4.69) is 471 Å². The molecule has 4 heterocycles. The highest BCUT2D eigenvalue weighted by atomic mass is 15.2. The predicted molar refractivity (Wildman–Crippen MR) is 535 cm³/mol. The lowest BCUT2D eigenvalue weighted by molar-refractivity contribution is 0.590. The van der Waals surface area contributed by atoms with Crippen LogP contribution < -0.4 is 31.1 Å². The molecule has 0 amide bonds. The van der Waals surface area contributed by atoms with Gasteiger partial charge in [-0.15, -0.1) is 0 Å². The first-order chi connectivity index (χ1) is 60.0. The molecule has 2 aromatic heterocycles. The number of anilines is 9. The molecule has 124 heavy (non-hydrogen) atoms. The lowest BCUT2D eigenvalue weighted by Crippen LogP contribution is -2.61. The van der Waals surface area contributed by atoms with Crippen molar-refractivity contribution in [3.63, 3.8) is 0 Å². The minimum absolute atomic E-state index is 0.0775. The zero-order valence-corrected chi connectivity index (χ0v) is 72.5. The summed E-state index contributed by atoms with van der Waals surface area (Å²) in [6, 6.07) is 140. The highest BCUT2D eigenvalue weighted by molar-refractivity contribution is 7.00. The number of aromatic nitrogens is 2. The van der Waals surface area contributed by atoms with Crippen molar-refractivity contribution >= 4 is 183 Å². The third-order valence-corrected chi connectivity index (χ3v) is 27.2. The second-order valence-electron chi connectivity index (χ2n) is 38.9. The summed E-state index contributed by atoms with van der Waals surface area (Å²) < 4.78 is 5.13. The van der Waals surface area contributed by atoms with Gasteiger partial charge in [-0.3, -0.25) is 0 Å². The van der Waals surface area contributed by atoms with Gasteiger partial charge in [-0.2, -0.15) is 0 Å². The lowest BCUT2D eigenvalue weighted by atomic mass is 9.33. The van der Waals surface area contributed by atoms with Crippen LogP contribution >= 0.6 is 0 Å². The van der Waals surface area contributed by atoms with E-state index in [1.807, 2.05) is 0 Å². The van der Waals surface area contributed by atoms with E-state index in [1.165, 1.54) is 158 Å². The van der Waals surface area contributed by atoms with Crippen molar-refractivity contribution in [1.82, 2.24) is 9.13 Å². The fraction of sp³-hybridized carbons (Fsp3) is 0.136. The molecule has 19 aromatic carbocycles. The van der Waals surface area contributed by atoms with E-state index in [4.69, 9.17) is 0 Å². The van der Waals surface area contributed by atoms with Crippen molar-refractivity contribution in [2.75, 3.05) is 14.7 Å². The Balaban J connectivity index is 0.870. The molecule has 6 heteroatoms. The van der Waals surface area contributed by atoms with Crippen molar-refractivity contribution in [1.29, 1.82) is 0 Å². The molecule has 596 valence electrons. The van der Waals surface area contributed by atoms with Crippen LogP contribution in [-0.4, -0.2) is 15.8 Å². The van der Waals surface area contributed by atoms with E-state index in [1.54, 1.807) is 0 Å². The highest BCUT2D eigenvalue weighted by Crippen LogP contribution is 2.53. The number of nitrogens with zero attached hydrogens (tertiary/aromatic N) is 5. The Morgan fingerprint density at radius 3 is 0.782 bits per heavy atom. The number of rotatable bonds is 9. The van der Waals surface area contributed by atoms with Crippen molar-refractivity contribution in [2.24, 2.45) is 0 Å². The maximum Gasteiger partial charge on any atom is 0.252 e. The number of fused-ring (bicyclic) bond motifs is 22. The fourth-order valence-electron chi connectivity index (χ4n) is 20.8. The molecule has 0 spiro atoms. The van der Waals surface area contributed by atoms with E-state index in [-0.39, 0.29) is 28.4 Å². The quantitative estimate of drug-likeness (QED) is 0.106. The lowest BCUT2D eigenvalue weighted by Gasteiger charge is -2.45. The molecule has 0 saturated carbocycles. The first-order valence-electron chi connectivity index (χ1n) is 44.1. The van der Waals surface area contributed by atoms with E-state index >= 15 is 0 Å². The highest BCUT2D eigenvalue weighted by Gasteiger charge is 2.45. The molecule has 21 aromatic rings. The van der Waals surface area contributed by atoms with E-state index in [0.29, 0.717) is 0 Å². The molecule has 2 aliphatic heterocycles. The molecule has 0 N–H and O–H groups in total. The third-order valence-electron chi connectivity index (χ3n) is 27.2. The van der Waals surface area contributed by atoms with Gasteiger partial charge in [0.2, 0.25) is 0 Å². The normalized spacial score (nSPS) is 13.1. The molecule has 5 nitrogen and oxygen atoms in total. The molecule has 0 aliphatic carbocycles. The Labute approximate surface area is 726 Å². The second kappa shape index (κ2) is 27.7. The van der Waals surface area contributed by atoms with Gasteiger partial charge in [0.25, 0.3) is 6.71 Å². The summed E-state index contributed by atoms with van der Waals surface area (Å²) in [4.78, 5) is 7.87. The Morgan fingerprint density at radius 1 is 0.202 bits per heavy atom. The van der Waals surface area contributed by atoms with Gasteiger partial charge in [-0.05, 0) is 281 Å². The van der Waals surface area contributed by atoms with Gasteiger partial charge in [-0.25, -0.2) is 0 Å². The topological polar surface area (TPSA) is 19.6 Å². The number of hydrogen-bond donors (Lipinski definition) is 0. The maximum absolute atomic E-state index is 2.67. The van der Waals surface area contributed by atoms with E-state index in [0.717, 1.165) is 73.7 Å². The monoisotopic (exact) mass is 1590 g/mol. The molecule has 0 radical (unpaired) electrons. The molecular weight excluding hydrogens is 1500 g/mol. The molecule has 23 rings (SSSR count). The number of benzene rings is 19. The summed E-state index contributed by atoms with van der Waals surface area (Å²) in [5, 5.41) is 19.7. The van der Waals surface area contributed by atoms with Gasteiger partial charge >= 0.3 is 0 Å². The Hall–Kier alpha value is -14.2. The first kappa shape index (κ1) is 74.8. The Morgan fingerprint density at radius 2 is 0.476 bits per heavy atom. The minimum Gasteiger partial charge on any atom is -0.311 e. The van der Waals surface area contributed by atoms with Crippen molar-refractivity contribution in [3.8, 4) is 33.6 Å². The average Bonchev–Trinajstić information content (AvgIpc) is 0.856. The standard InChI is InChI=1S/C118H96BN5/c1-115(2,3)77-43-59-106-100(63-77)101-64-78(116(4,5)6)44-60-107(101)121(106)85-53-57-104-110(69-85)123(83-51-55-96-92-35-21-19-31-88(92)90-33-23-25-37-94(90)98(96)67-83)112-71-87(120(81-47-39-75(40-48-81)73-27-15-13-16-28-73)82-49-41-76(42-50-82)74-29-17-14-18-30-74)72-113-114(112)119(104)105-58-54-86(122-108-61-45-79(117(7,8)9)65-102(108)103-66-80(118(10,11)12)46-62-109(103)122)70-111(105)124(113)84-52-56-97-93-36-22-20-32-89(93)91-34-24-26-38-95(91)99(97)68-84/h13-72H,1-12H3. The molecule has 0 fully saturated rings. The van der Waals surface area contributed by atoms with Crippen LogP contribution in [0.5, 0.6) is 0 Å². The molecule has 0 bridgehead atoms. The van der Waals surface area contributed by atoms with Gasteiger partial charge in [0.1, 0.15) is 0 Å². The van der Waals surface area contributed by atoms with E-state index < -0.39 is 0 Å². The van der Waals surface area contributed by atoms with Crippen LogP contribution in [0.3, 0.4) is 0 Å². The van der Waals surface area contributed by atoms with Gasteiger partial charge < -0.3 is 23.8 Å². The van der Waals surface area contributed by atoms with Crippen LogP contribution in [0.1, 0.15) is 105 Å². The largest absolute Gasteiger partial charge is 0.311 e. The van der Waals surface area contributed by atoms with Crippen molar-refractivity contribution in [2.45, 2.75) is 105 Å². The maximum atomic E-state index is 2.67. The molecule has 0 atom stereocenters. The molecular formula is C118H96BN5. The van der Waals surface area contributed by atoms with Crippen LogP contribution in [0, 0.1) is 0 Å². The summed E-state index contributed by atoms with van der Waals surface area (Å²) in [6.07, 6.45) is 0. The summed E-state index contributed by atoms with van der Waals surface area (Å²) >= 11 is 0. The molecule has 0 saturated heterocycles. The third kappa shape index (κ3) is 11.9. The van der Waals surface area contributed by atoms with E-state index in [9.17, 15) is 0 Å². The summed E-state index contributed by atoms with van der Waals surface area (Å²) in [6.45, 7) is 27.8. The minimum atomic E-state index is -0.289. The van der Waals surface area contributed by atoms with Gasteiger partial charge in [0.05, 0.1) is 27.8 Å². The van der Waals surface area contributed by atoms with Gasteiger partial charge in [0, 0.05) is 78.4 Å². The first-order valence-corrected chi connectivity index (χ1v) is 44.1. The molecule has 0 unspecified atom stereocenters. The summed E-state index contributed by atoms with van der Waals surface area (Å²) in [5.74, 6) is 0. The van der Waals surface area contributed by atoms with Crippen LogP contribution in [0.2, 0.25) is 0 Å². The predicted octanol–water partition coefficient (Wildman–Crippen LogP) is 30.9. The summed E-state index contributed by atoms with van der Waals surface area (Å²) in [5.41, 5.74) is 29.7.